The van der Waals surface area contributed by atoms with Crippen molar-refractivity contribution in [2.45, 2.75) is 24.9 Å². The van der Waals surface area contributed by atoms with E-state index in [-0.39, 0.29) is 5.91 Å². The molecule has 0 unspecified atom stereocenters. The van der Waals surface area contributed by atoms with E-state index in [2.05, 4.69) is 16.4 Å². The maximum absolute atomic E-state index is 12.4. The van der Waals surface area contributed by atoms with E-state index in [1.54, 1.807) is 0 Å². The predicted octanol–water partition coefficient (Wildman–Crippen LogP) is 4.33. The number of hydrogen-bond donors (Lipinski definition) is 1. The van der Waals surface area contributed by atoms with Crippen LogP contribution in [0.2, 0.25) is 0 Å². The fourth-order valence-electron chi connectivity index (χ4n) is 3.34. The third-order valence-corrected chi connectivity index (χ3v) is 5.80. The number of nitrogens with zero attached hydrogens (tertiary/aromatic N) is 3. The maximum atomic E-state index is 12.4. The van der Waals surface area contributed by atoms with Gasteiger partial charge in [-0.1, -0.05) is 61.2 Å². The third kappa shape index (κ3) is 3.82. The molecule has 0 fully saturated rings. The van der Waals surface area contributed by atoms with Crippen LogP contribution in [0.1, 0.15) is 23.6 Å². The highest BCUT2D eigenvalue weighted by Gasteiger charge is 2.17. The molecule has 0 aliphatic heterocycles. The number of rotatable bonds is 6. The highest BCUT2D eigenvalue weighted by atomic mass is 32.2. The molecule has 6 heteroatoms. The SMILES string of the molecule is CCc1cc(SCC(=O)NCc2ccccc2)n2c(nc3ccccc32)c1C#N. The molecule has 2 aromatic heterocycles. The summed E-state index contributed by atoms with van der Waals surface area (Å²) in [7, 11) is 0. The van der Waals surface area contributed by atoms with E-state index < -0.39 is 0 Å². The zero-order valence-electron chi connectivity index (χ0n) is 16.1. The topological polar surface area (TPSA) is 70.2 Å². The number of para-hydroxylation sites is 2. The molecule has 0 saturated heterocycles. The van der Waals surface area contributed by atoms with Gasteiger partial charge in [0.15, 0.2) is 5.65 Å². The summed E-state index contributed by atoms with van der Waals surface area (Å²) in [6.07, 6.45) is 0.733. The van der Waals surface area contributed by atoms with Gasteiger partial charge in [0.1, 0.15) is 6.07 Å². The van der Waals surface area contributed by atoms with Crippen LogP contribution in [-0.2, 0) is 17.8 Å². The van der Waals surface area contributed by atoms with Gasteiger partial charge >= 0.3 is 0 Å². The van der Waals surface area contributed by atoms with Crippen LogP contribution in [0.25, 0.3) is 16.7 Å². The lowest BCUT2D eigenvalue weighted by Gasteiger charge is -2.11. The minimum atomic E-state index is -0.0289. The lowest BCUT2D eigenvalue weighted by Crippen LogP contribution is -2.24. The van der Waals surface area contributed by atoms with Gasteiger partial charge in [-0.25, -0.2) is 4.98 Å². The molecule has 4 rings (SSSR count). The van der Waals surface area contributed by atoms with Crippen molar-refractivity contribution in [3.05, 3.63) is 77.4 Å². The first kappa shape index (κ1) is 19.0. The van der Waals surface area contributed by atoms with Gasteiger partial charge < -0.3 is 5.32 Å². The summed E-state index contributed by atoms with van der Waals surface area (Å²) >= 11 is 1.46. The molecule has 2 aromatic carbocycles. The maximum Gasteiger partial charge on any atom is 0.230 e. The van der Waals surface area contributed by atoms with E-state index in [9.17, 15) is 10.1 Å². The van der Waals surface area contributed by atoms with Crippen molar-refractivity contribution in [1.82, 2.24) is 14.7 Å². The number of pyridine rings is 1. The van der Waals surface area contributed by atoms with Crippen LogP contribution in [0.15, 0.2) is 65.7 Å². The predicted molar refractivity (Wildman–Crippen MR) is 116 cm³/mol. The molecule has 0 spiro atoms. The van der Waals surface area contributed by atoms with Gasteiger partial charge in [0.05, 0.1) is 27.4 Å². The summed E-state index contributed by atoms with van der Waals surface area (Å²) in [6.45, 7) is 2.54. The van der Waals surface area contributed by atoms with Gasteiger partial charge in [-0.3, -0.25) is 9.20 Å². The lowest BCUT2D eigenvalue weighted by molar-refractivity contribution is -0.118. The summed E-state index contributed by atoms with van der Waals surface area (Å²) < 4.78 is 1.99. The van der Waals surface area contributed by atoms with Crippen LogP contribution in [0.4, 0.5) is 0 Å². The zero-order chi connectivity index (χ0) is 20.2. The van der Waals surface area contributed by atoms with Crippen molar-refractivity contribution in [2.75, 3.05) is 5.75 Å². The number of benzene rings is 2. The van der Waals surface area contributed by atoms with Crippen molar-refractivity contribution in [3.63, 3.8) is 0 Å². The Bertz CT molecular complexity index is 1220. The molecule has 1 amide bonds. The second kappa shape index (κ2) is 8.38. The largest absolute Gasteiger partial charge is 0.351 e. The number of imidazole rings is 1. The number of aryl methyl sites for hydroxylation is 1. The average molecular weight is 401 g/mol. The van der Waals surface area contributed by atoms with Gasteiger partial charge in [0.2, 0.25) is 5.91 Å². The normalized spacial score (nSPS) is 10.9. The van der Waals surface area contributed by atoms with Crippen molar-refractivity contribution >= 4 is 34.3 Å². The van der Waals surface area contributed by atoms with Crippen molar-refractivity contribution in [2.24, 2.45) is 0 Å². The van der Waals surface area contributed by atoms with Gasteiger partial charge in [0, 0.05) is 6.54 Å². The molecule has 2 heterocycles. The Balaban J connectivity index is 1.63. The van der Waals surface area contributed by atoms with Crippen LogP contribution >= 0.6 is 11.8 Å². The van der Waals surface area contributed by atoms with Crippen molar-refractivity contribution < 1.29 is 4.79 Å². The average Bonchev–Trinajstić information content (AvgIpc) is 3.15. The Morgan fingerprint density at radius 1 is 1.17 bits per heavy atom. The van der Waals surface area contributed by atoms with Crippen LogP contribution in [0.5, 0.6) is 0 Å². The minimum absolute atomic E-state index is 0.0289. The number of nitrogens with one attached hydrogen (secondary N) is 1. The summed E-state index contributed by atoms with van der Waals surface area (Å²) in [5, 5.41) is 13.6. The van der Waals surface area contributed by atoms with Crippen LogP contribution in [-0.4, -0.2) is 21.0 Å². The first-order chi connectivity index (χ1) is 14.2. The molecular formula is C23H20N4OS. The van der Waals surface area contributed by atoms with Crippen molar-refractivity contribution in [3.8, 4) is 6.07 Å². The fourth-order valence-corrected chi connectivity index (χ4v) is 4.26. The highest BCUT2D eigenvalue weighted by Crippen LogP contribution is 2.29. The van der Waals surface area contributed by atoms with E-state index in [1.165, 1.54) is 11.8 Å². The number of thioether (sulfide) groups is 1. The first-order valence-corrected chi connectivity index (χ1v) is 10.5. The molecule has 4 aromatic rings. The Kier molecular flexibility index (Phi) is 5.50. The van der Waals surface area contributed by atoms with Gasteiger partial charge in [-0.2, -0.15) is 5.26 Å². The number of fused-ring (bicyclic) bond motifs is 3. The second-order valence-corrected chi connectivity index (χ2v) is 7.65. The Labute approximate surface area is 173 Å². The van der Waals surface area contributed by atoms with E-state index in [4.69, 9.17) is 0 Å². The summed E-state index contributed by atoms with van der Waals surface area (Å²) in [5.41, 5.74) is 5.05. The van der Waals surface area contributed by atoms with Gasteiger partial charge in [-0.05, 0) is 35.7 Å². The summed E-state index contributed by atoms with van der Waals surface area (Å²) in [4.78, 5) is 17.1. The molecule has 0 atom stereocenters. The van der Waals surface area contributed by atoms with E-state index in [0.29, 0.717) is 23.5 Å². The smallest absolute Gasteiger partial charge is 0.230 e. The van der Waals surface area contributed by atoms with Crippen LogP contribution < -0.4 is 5.32 Å². The fraction of sp³-hybridized carbons (Fsp3) is 0.174. The molecule has 0 aliphatic rings. The molecule has 0 bridgehead atoms. The van der Waals surface area contributed by atoms with E-state index >= 15 is 0 Å². The number of aromatic nitrogens is 2. The summed E-state index contributed by atoms with van der Waals surface area (Å²) in [6, 6.07) is 22.0. The number of hydrogen-bond acceptors (Lipinski definition) is 4. The molecule has 0 aliphatic carbocycles. The van der Waals surface area contributed by atoms with Gasteiger partial charge in [-0.15, -0.1) is 0 Å². The molecule has 144 valence electrons. The van der Waals surface area contributed by atoms with E-state index in [0.717, 1.165) is 33.6 Å². The molecule has 29 heavy (non-hydrogen) atoms. The monoisotopic (exact) mass is 400 g/mol. The molecule has 5 nitrogen and oxygen atoms in total. The molecule has 1 N–H and O–H groups in total. The lowest BCUT2D eigenvalue weighted by atomic mass is 10.1. The van der Waals surface area contributed by atoms with E-state index in [1.807, 2.05) is 72.0 Å². The Hall–Kier alpha value is -3.30. The zero-order valence-corrected chi connectivity index (χ0v) is 16.9. The van der Waals surface area contributed by atoms with Gasteiger partial charge in [0.25, 0.3) is 0 Å². The standard InChI is InChI=1S/C23H20N4OS/c1-2-17-12-22(29-15-21(28)25-14-16-8-4-3-5-9-16)27-20-11-7-6-10-19(20)26-23(27)18(17)13-24/h3-12H,2,14-15H2,1H3,(H,25,28). The number of carbonyl (C=O) groups excluding carboxylic acids is 1. The molecule has 0 saturated carbocycles. The second-order valence-electron chi connectivity index (χ2n) is 6.66. The molecule has 0 radical (unpaired) electrons. The quantitative estimate of drug-likeness (QED) is 0.489. The van der Waals surface area contributed by atoms with Crippen LogP contribution in [0.3, 0.4) is 0 Å². The Morgan fingerprint density at radius 3 is 2.69 bits per heavy atom. The first-order valence-electron chi connectivity index (χ1n) is 9.48. The Morgan fingerprint density at radius 2 is 1.93 bits per heavy atom. The number of amides is 1. The third-order valence-electron chi connectivity index (χ3n) is 4.80. The van der Waals surface area contributed by atoms with Crippen molar-refractivity contribution in [1.29, 1.82) is 5.26 Å². The van der Waals surface area contributed by atoms with Crippen LogP contribution in [0, 0.1) is 11.3 Å². The minimum Gasteiger partial charge on any atom is -0.351 e. The summed E-state index contributed by atoms with van der Waals surface area (Å²) in [5.74, 6) is 0.266. The number of nitriles is 1. The highest BCUT2D eigenvalue weighted by molar-refractivity contribution is 7.99. The number of carbonyl (C=O) groups is 1. The molecular weight excluding hydrogens is 380 g/mol.